The highest BCUT2D eigenvalue weighted by Crippen LogP contribution is 2.27. The van der Waals surface area contributed by atoms with Crippen LogP contribution in [0.25, 0.3) is 0 Å². The summed E-state index contributed by atoms with van der Waals surface area (Å²) in [5, 5.41) is 4.60. The summed E-state index contributed by atoms with van der Waals surface area (Å²) in [6, 6.07) is 2.49. The average Bonchev–Trinajstić information content (AvgIpc) is 2.95. The van der Waals surface area contributed by atoms with Gasteiger partial charge in [0, 0.05) is 6.20 Å². The van der Waals surface area contributed by atoms with Gasteiger partial charge < -0.3 is 5.73 Å². The van der Waals surface area contributed by atoms with E-state index in [1.165, 1.54) is 32.1 Å². The van der Waals surface area contributed by atoms with Crippen molar-refractivity contribution in [3.05, 3.63) is 18.0 Å². The van der Waals surface area contributed by atoms with Crippen LogP contribution in [0.1, 0.15) is 70.5 Å². The van der Waals surface area contributed by atoms with E-state index in [0.717, 1.165) is 5.69 Å². The van der Waals surface area contributed by atoms with Crippen LogP contribution < -0.4 is 5.73 Å². The molecule has 4 nitrogen and oxygen atoms in total. The third-order valence-corrected chi connectivity index (χ3v) is 4.77. The first kappa shape index (κ1) is 15.2. The van der Waals surface area contributed by atoms with Gasteiger partial charge in [-0.15, -0.1) is 0 Å². The van der Waals surface area contributed by atoms with Crippen molar-refractivity contribution < 1.29 is 4.79 Å². The van der Waals surface area contributed by atoms with Crippen LogP contribution in [0.15, 0.2) is 12.3 Å². The monoisotopic (exact) mass is 277 g/mol. The van der Waals surface area contributed by atoms with Crippen LogP contribution >= 0.6 is 0 Å². The SMILES string of the molecule is CCC(N)(CC)C(=O)Cc1ccn(C2CCCCC2)n1. The van der Waals surface area contributed by atoms with Crippen molar-refractivity contribution in [3.63, 3.8) is 0 Å². The van der Waals surface area contributed by atoms with Gasteiger partial charge in [-0.05, 0) is 31.7 Å². The molecule has 1 aromatic heterocycles. The van der Waals surface area contributed by atoms with Crippen LogP contribution in [0.3, 0.4) is 0 Å². The minimum absolute atomic E-state index is 0.108. The van der Waals surface area contributed by atoms with Crippen LogP contribution in [0.2, 0.25) is 0 Å². The van der Waals surface area contributed by atoms with Crippen LogP contribution in [-0.4, -0.2) is 21.1 Å². The number of carbonyl (C=O) groups excluding carboxylic acids is 1. The predicted octanol–water partition coefficient (Wildman–Crippen LogP) is 3.02. The molecule has 1 heterocycles. The van der Waals surface area contributed by atoms with Crippen molar-refractivity contribution in [2.75, 3.05) is 0 Å². The molecule has 1 aliphatic carbocycles. The second kappa shape index (κ2) is 6.53. The molecular weight excluding hydrogens is 250 g/mol. The van der Waals surface area contributed by atoms with E-state index >= 15 is 0 Å². The first-order valence-electron chi connectivity index (χ1n) is 7.95. The third kappa shape index (κ3) is 3.29. The highest BCUT2D eigenvalue weighted by molar-refractivity contribution is 5.89. The Kier molecular flexibility index (Phi) is 4.97. The fourth-order valence-electron chi connectivity index (χ4n) is 3.01. The molecule has 0 bridgehead atoms. The maximum atomic E-state index is 12.3. The Labute approximate surface area is 121 Å². The summed E-state index contributed by atoms with van der Waals surface area (Å²) in [6.45, 7) is 3.95. The molecule has 0 aliphatic heterocycles. The summed E-state index contributed by atoms with van der Waals surface area (Å²) in [6.07, 6.45) is 10.1. The van der Waals surface area contributed by atoms with Gasteiger partial charge in [-0.2, -0.15) is 5.10 Å². The molecule has 0 spiro atoms. The van der Waals surface area contributed by atoms with Gasteiger partial charge in [0.15, 0.2) is 5.78 Å². The van der Waals surface area contributed by atoms with E-state index < -0.39 is 5.54 Å². The Morgan fingerprint density at radius 1 is 1.35 bits per heavy atom. The molecule has 20 heavy (non-hydrogen) atoms. The molecule has 0 radical (unpaired) electrons. The maximum Gasteiger partial charge on any atom is 0.158 e. The fraction of sp³-hybridized carbons (Fsp3) is 0.750. The zero-order chi connectivity index (χ0) is 14.6. The number of Topliss-reactive ketones (excluding diaryl/α,β-unsaturated/α-hetero) is 1. The van der Waals surface area contributed by atoms with Crippen LogP contribution in [-0.2, 0) is 11.2 Å². The predicted molar refractivity (Wildman–Crippen MR) is 80.6 cm³/mol. The van der Waals surface area contributed by atoms with Gasteiger partial charge in [-0.1, -0.05) is 33.1 Å². The molecule has 1 aliphatic rings. The van der Waals surface area contributed by atoms with Gasteiger partial charge in [-0.3, -0.25) is 9.48 Å². The van der Waals surface area contributed by atoms with E-state index in [1.807, 2.05) is 26.1 Å². The van der Waals surface area contributed by atoms with Gasteiger partial charge in [0.25, 0.3) is 0 Å². The molecule has 0 aromatic carbocycles. The normalized spacial score (nSPS) is 17.4. The molecule has 0 unspecified atom stereocenters. The number of hydrogen-bond donors (Lipinski definition) is 1. The molecule has 1 aromatic rings. The van der Waals surface area contributed by atoms with Crippen molar-refractivity contribution >= 4 is 5.78 Å². The molecule has 0 saturated heterocycles. The molecule has 0 amide bonds. The van der Waals surface area contributed by atoms with Crippen molar-refractivity contribution in [2.24, 2.45) is 5.73 Å². The van der Waals surface area contributed by atoms with E-state index in [0.29, 0.717) is 25.3 Å². The molecule has 0 atom stereocenters. The van der Waals surface area contributed by atoms with E-state index in [9.17, 15) is 4.79 Å². The molecule has 112 valence electrons. The lowest BCUT2D eigenvalue weighted by molar-refractivity contribution is -0.123. The van der Waals surface area contributed by atoms with Gasteiger partial charge in [0.05, 0.1) is 23.7 Å². The quantitative estimate of drug-likeness (QED) is 0.869. The van der Waals surface area contributed by atoms with Gasteiger partial charge in [0.1, 0.15) is 0 Å². The highest BCUT2D eigenvalue weighted by atomic mass is 16.1. The standard InChI is InChI=1S/C16H27N3O/c1-3-16(17,4-2)15(20)12-13-10-11-19(18-13)14-8-6-5-7-9-14/h10-11,14H,3-9,12,17H2,1-2H3. The summed E-state index contributed by atoms with van der Waals surface area (Å²) in [7, 11) is 0. The maximum absolute atomic E-state index is 12.3. The van der Waals surface area contributed by atoms with Crippen LogP contribution in [0.4, 0.5) is 0 Å². The molecule has 1 saturated carbocycles. The fourth-order valence-corrected chi connectivity index (χ4v) is 3.01. The molecule has 1 fully saturated rings. The lowest BCUT2D eigenvalue weighted by Crippen LogP contribution is -2.47. The first-order valence-corrected chi connectivity index (χ1v) is 7.95. The smallest absolute Gasteiger partial charge is 0.158 e. The minimum atomic E-state index is -0.686. The van der Waals surface area contributed by atoms with E-state index in [2.05, 4.69) is 9.78 Å². The summed E-state index contributed by atoms with van der Waals surface area (Å²) in [5.41, 5.74) is 6.33. The average molecular weight is 277 g/mol. The first-order chi connectivity index (χ1) is 9.59. The zero-order valence-corrected chi connectivity index (χ0v) is 12.8. The number of carbonyl (C=O) groups is 1. The number of aromatic nitrogens is 2. The van der Waals surface area contributed by atoms with Crippen LogP contribution in [0.5, 0.6) is 0 Å². The summed E-state index contributed by atoms with van der Waals surface area (Å²) < 4.78 is 2.05. The Balaban J connectivity index is 2.00. The molecule has 2 rings (SSSR count). The van der Waals surface area contributed by atoms with Crippen LogP contribution in [0, 0.1) is 0 Å². The zero-order valence-electron chi connectivity index (χ0n) is 12.8. The molecule has 4 heteroatoms. The molecular formula is C16H27N3O. The molecule has 2 N–H and O–H groups in total. The van der Waals surface area contributed by atoms with Crippen molar-refractivity contribution in [3.8, 4) is 0 Å². The number of hydrogen-bond acceptors (Lipinski definition) is 3. The number of nitrogens with two attached hydrogens (primary N) is 1. The Hall–Kier alpha value is -1.16. The highest BCUT2D eigenvalue weighted by Gasteiger charge is 2.30. The lowest BCUT2D eigenvalue weighted by atomic mass is 9.87. The Morgan fingerprint density at radius 3 is 2.60 bits per heavy atom. The summed E-state index contributed by atoms with van der Waals surface area (Å²) >= 11 is 0. The van der Waals surface area contributed by atoms with E-state index in [4.69, 9.17) is 5.73 Å². The minimum Gasteiger partial charge on any atom is -0.319 e. The van der Waals surface area contributed by atoms with Crippen molar-refractivity contribution in [2.45, 2.75) is 76.8 Å². The lowest BCUT2D eigenvalue weighted by Gasteiger charge is -2.24. The van der Waals surface area contributed by atoms with Gasteiger partial charge in [0.2, 0.25) is 0 Å². The second-order valence-electron chi connectivity index (χ2n) is 6.04. The van der Waals surface area contributed by atoms with Gasteiger partial charge >= 0.3 is 0 Å². The van der Waals surface area contributed by atoms with E-state index in [1.54, 1.807) is 0 Å². The van der Waals surface area contributed by atoms with Crippen molar-refractivity contribution in [1.29, 1.82) is 0 Å². The number of nitrogens with zero attached hydrogens (tertiary/aromatic N) is 2. The number of rotatable bonds is 6. The largest absolute Gasteiger partial charge is 0.319 e. The Morgan fingerprint density at radius 2 is 2.00 bits per heavy atom. The topological polar surface area (TPSA) is 60.9 Å². The number of ketones is 1. The summed E-state index contributed by atoms with van der Waals surface area (Å²) in [4.78, 5) is 12.3. The van der Waals surface area contributed by atoms with Crippen molar-refractivity contribution in [1.82, 2.24) is 9.78 Å². The van der Waals surface area contributed by atoms with E-state index in [-0.39, 0.29) is 5.78 Å². The Bertz CT molecular complexity index is 442. The third-order valence-electron chi connectivity index (χ3n) is 4.77. The second-order valence-corrected chi connectivity index (χ2v) is 6.04. The van der Waals surface area contributed by atoms with Gasteiger partial charge in [-0.25, -0.2) is 0 Å². The summed E-state index contributed by atoms with van der Waals surface area (Å²) in [5.74, 6) is 0.108.